The quantitative estimate of drug-likeness (QED) is 0.505. The predicted octanol–water partition coefficient (Wildman–Crippen LogP) is 3.61. The summed E-state index contributed by atoms with van der Waals surface area (Å²) in [6, 6.07) is 19.8. The number of carbonyl (C=O) groups is 2. The lowest BCUT2D eigenvalue weighted by molar-refractivity contribution is -0.255. The maximum Gasteiger partial charge on any atom is 0.270 e. The largest absolute Gasteiger partial charge is 0.545 e. The highest BCUT2D eigenvalue weighted by Gasteiger charge is 2.33. The molecular weight excluding hydrogens is 378 g/mol. The molecule has 0 atom stereocenters. The van der Waals surface area contributed by atoms with Crippen molar-refractivity contribution in [3.05, 3.63) is 82.8 Å². The van der Waals surface area contributed by atoms with Crippen LogP contribution in [0.5, 0.6) is 0 Å². The van der Waals surface area contributed by atoms with Gasteiger partial charge in [0.2, 0.25) is 0 Å². The van der Waals surface area contributed by atoms with Crippen LogP contribution in [-0.2, 0) is 4.79 Å². The van der Waals surface area contributed by atoms with E-state index in [9.17, 15) is 14.7 Å². The Bertz CT molecular complexity index is 1110. The van der Waals surface area contributed by atoms with Gasteiger partial charge in [-0.1, -0.05) is 78.6 Å². The predicted molar refractivity (Wildman–Crippen MR) is 110 cm³/mol. The van der Waals surface area contributed by atoms with E-state index >= 15 is 0 Å². The Morgan fingerprint density at radius 3 is 2.44 bits per heavy atom. The van der Waals surface area contributed by atoms with Crippen LogP contribution in [0.15, 0.2) is 71.6 Å². The van der Waals surface area contributed by atoms with Gasteiger partial charge in [-0.05, 0) is 40.1 Å². The van der Waals surface area contributed by atoms with E-state index in [4.69, 9.17) is 12.2 Å². The van der Waals surface area contributed by atoms with E-state index in [1.54, 1.807) is 12.1 Å². The molecule has 0 radical (unpaired) electrons. The summed E-state index contributed by atoms with van der Waals surface area (Å²) in [4.78, 5) is 25.7. The number of thioether (sulfide) groups is 1. The Labute approximate surface area is 165 Å². The molecule has 0 aliphatic carbocycles. The van der Waals surface area contributed by atoms with Crippen molar-refractivity contribution in [3.8, 4) is 0 Å². The highest BCUT2D eigenvalue weighted by Crippen LogP contribution is 2.36. The summed E-state index contributed by atoms with van der Waals surface area (Å²) in [5, 5.41) is 13.0. The van der Waals surface area contributed by atoms with E-state index < -0.39 is 5.97 Å². The summed E-state index contributed by atoms with van der Waals surface area (Å²) in [7, 11) is 0. The lowest BCUT2D eigenvalue weighted by atomic mass is 10.0. The fourth-order valence-corrected chi connectivity index (χ4v) is 4.24. The number of benzene rings is 3. The van der Waals surface area contributed by atoms with E-state index in [1.807, 2.05) is 48.5 Å². The average Bonchev–Trinajstić information content (AvgIpc) is 2.95. The molecule has 0 bridgehead atoms. The first-order valence-electron chi connectivity index (χ1n) is 8.12. The number of carbonyl (C=O) groups excluding carboxylic acids is 2. The molecule has 3 aromatic carbocycles. The first-order valence-corrected chi connectivity index (χ1v) is 9.34. The first-order chi connectivity index (χ1) is 13.0. The Morgan fingerprint density at radius 1 is 1.00 bits per heavy atom. The number of hydrogen-bond donors (Lipinski definition) is 0. The molecule has 4 nitrogen and oxygen atoms in total. The van der Waals surface area contributed by atoms with Crippen LogP contribution >= 0.6 is 24.0 Å². The van der Waals surface area contributed by atoms with Crippen molar-refractivity contribution in [1.82, 2.24) is 0 Å². The molecule has 0 spiro atoms. The van der Waals surface area contributed by atoms with Crippen LogP contribution in [0.4, 0.5) is 5.69 Å². The van der Waals surface area contributed by atoms with Gasteiger partial charge >= 0.3 is 0 Å². The molecule has 27 heavy (non-hydrogen) atoms. The summed E-state index contributed by atoms with van der Waals surface area (Å²) < 4.78 is 0.410. The molecule has 0 unspecified atom stereocenters. The minimum atomic E-state index is -1.26. The molecule has 0 aromatic heterocycles. The van der Waals surface area contributed by atoms with Gasteiger partial charge in [0, 0.05) is 0 Å². The number of rotatable bonds is 3. The van der Waals surface area contributed by atoms with E-state index in [0.717, 1.165) is 16.3 Å². The number of nitrogens with zero attached hydrogens (tertiary/aromatic N) is 1. The number of anilines is 1. The molecule has 0 saturated carbocycles. The van der Waals surface area contributed by atoms with Gasteiger partial charge < -0.3 is 9.90 Å². The van der Waals surface area contributed by atoms with Crippen molar-refractivity contribution in [2.75, 3.05) is 4.90 Å². The van der Waals surface area contributed by atoms with Crippen molar-refractivity contribution < 1.29 is 14.7 Å². The highest BCUT2D eigenvalue weighted by atomic mass is 32.2. The topological polar surface area (TPSA) is 60.4 Å². The maximum atomic E-state index is 12.9. The van der Waals surface area contributed by atoms with Crippen LogP contribution in [-0.4, -0.2) is 16.2 Å². The molecule has 1 fully saturated rings. The average molecular weight is 390 g/mol. The second-order valence-corrected chi connectivity index (χ2v) is 7.60. The number of hydrogen-bond acceptors (Lipinski definition) is 5. The van der Waals surface area contributed by atoms with Crippen LogP contribution < -0.4 is 10.0 Å². The molecule has 1 saturated heterocycles. The third-order valence-electron chi connectivity index (χ3n) is 4.26. The smallest absolute Gasteiger partial charge is 0.270 e. The lowest BCUT2D eigenvalue weighted by Gasteiger charge is -2.15. The van der Waals surface area contributed by atoms with Gasteiger partial charge in [-0.2, -0.15) is 0 Å². The fraction of sp³-hybridized carbons (Fsp3) is 0. The zero-order valence-corrected chi connectivity index (χ0v) is 15.5. The van der Waals surface area contributed by atoms with Crippen molar-refractivity contribution in [3.63, 3.8) is 0 Å². The molecule has 3 aromatic rings. The van der Waals surface area contributed by atoms with E-state index in [2.05, 4.69) is 0 Å². The Kier molecular flexibility index (Phi) is 4.51. The van der Waals surface area contributed by atoms with Crippen molar-refractivity contribution in [1.29, 1.82) is 0 Å². The third kappa shape index (κ3) is 3.25. The number of fused-ring (bicyclic) bond motifs is 1. The minimum absolute atomic E-state index is 0.0514. The van der Waals surface area contributed by atoms with Crippen LogP contribution in [0.3, 0.4) is 0 Å². The summed E-state index contributed by atoms with van der Waals surface area (Å²) in [6.07, 6.45) is 1.84. The van der Waals surface area contributed by atoms with E-state index in [1.165, 1.54) is 28.8 Å². The molecule has 6 heteroatoms. The van der Waals surface area contributed by atoms with Crippen molar-refractivity contribution in [2.24, 2.45) is 0 Å². The molecule has 0 N–H and O–H groups in total. The van der Waals surface area contributed by atoms with Gasteiger partial charge in [-0.3, -0.25) is 9.69 Å². The van der Waals surface area contributed by atoms with Gasteiger partial charge in [0.05, 0.1) is 16.6 Å². The molecule has 1 heterocycles. The number of thiocarbonyl (C=S) groups is 1. The normalized spacial score (nSPS) is 15.7. The highest BCUT2D eigenvalue weighted by molar-refractivity contribution is 8.27. The minimum Gasteiger partial charge on any atom is -0.545 e. The van der Waals surface area contributed by atoms with Crippen LogP contribution in [0.2, 0.25) is 0 Å². The maximum absolute atomic E-state index is 12.9. The van der Waals surface area contributed by atoms with Gasteiger partial charge in [0.25, 0.3) is 5.91 Å². The second kappa shape index (κ2) is 6.98. The first kappa shape index (κ1) is 17.5. The molecule has 4 rings (SSSR count). The lowest BCUT2D eigenvalue weighted by Crippen LogP contribution is -2.28. The van der Waals surface area contributed by atoms with E-state index in [0.29, 0.717) is 14.9 Å². The number of carboxylic acid groups (broad SMARTS) is 1. The molecule has 1 amide bonds. The number of carboxylic acids is 1. The molecule has 1 aliphatic rings. The van der Waals surface area contributed by atoms with Crippen LogP contribution in [0, 0.1) is 0 Å². The van der Waals surface area contributed by atoms with Gasteiger partial charge in [-0.25, -0.2) is 0 Å². The van der Waals surface area contributed by atoms with Crippen LogP contribution in [0.25, 0.3) is 16.8 Å². The Hall–Kier alpha value is -2.96. The molecule has 132 valence electrons. The van der Waals surface area contributed by atoms with Crippen LogP contribution in [0.1, 0.15) is 15.9 Å². The number of aromatic carboxylic acids is 1. The SMILES string of the molecule is O=C([O-])c1ccc(N2C(=O)/C(=C\c3cccc4ccccc34)SC2=S)cc1. The second-order valence-electron chi connectivity index (χ2n) is 5.92. The van der Waals surface area contributed by atoms with Crippen molar-refractivity contribution >= 4 is 62.7 Å². The molecule has 1 aliphatic heterocycles. The third-order valence-corrected chi connectivity index (χ3v) is 5.57. The van der Waals surface area contributed by atoms with Gasteiger partial charge in [-0.15, -0.1) is 0 Å². The summed E-state index contributed by atoms with van der Waals surface area (Å²) in [5.74, 6) is -1.48. The Morgan fingerprint density at radius 2 is 1.70 bits per heavy atom. The zero-order valence-electron chi connectivity index (χ0n) is 13.9. The van der Waals surface area contributed by atoms with Gasteiger partial charge in [0.1, 0.15) is 0 Å². The Balaban J connectivity index is 1.70. The summed E-state index contributed by atoms with van der Waals surface area (Å²) in [5.41, 5.74) is 1.53. The zero-order chi connectivity index (χ0) is 19.0. The van der Waals surface area contributed by atoms with E-state index in [-0.39, 0.29) is 11.5 Å². The summed E-state index contributed by atoms with van der Waals surface area (Å²) >= 11 is 6.60. The number of amides is 1. The summed E-state index contributed by atoms with van der Waals surface area (Å²) in [6.45, 7) is 0. The monoisotopic (exact) mass is 390 g/mol. The molecular formula is C21H12NO3S2-. The van der Waals surface area contributed by atoms with Crippen molar-refractivity contribution in [2.45, 2.75) is 0 Å². The standard InChI is InChI=1S/C21H13NO3S2/c23-19-18(12-15-6-3-5-13-4-1-2-7-17(13)15)27-21(26)22(19)16-10-8-14(9-11-16)20(24)25/h1-12H,(H,24,25)/p-1/b18-12+. The fourth-order valence-electron chi connectivity index (χ4n) is 2.95. The van der Waals surface area contributed by atoms with Gasteiger partial charge in [0.15, 0.2) is 4.32 Å².